The van der Waals surface area contributed by atoms with Gasteiger partial charge in [0.1, 0.15) is 28.2 Å². The summed E-state index contributed by atoms with van der Waals surface area (Å²) in [6.45, 7) is 0. The molecule has 31 heavy (non-hydrogen) atoms. The maximum atomic E-state index is 12.9. The molecule has 0 aliphatic carbocycles. The average Bonchev–Trinajstić information content (AvgIpc) is 3.27. The largest absolute Gasteiger partial charge is 0.507 e. The van der Waals surface area contributed by atoms with E-state index in [9.17, 15) is 19.8 Å². The molecule has 1 atom stereocenters. The minimum absolute atomic E-state index is 0.0136. The summed E-state index contributed by atoms with van der Waals surface area (Å²) in [6.07, 6.45) is 0.0879. The molecule has 156 valence electrons. The van der Waals surface area contributed by atoms with E-state index in [0.717, 1.165) is 4.88 Å². The van der Waals surface area contributed by atoms with Crippen LogP contribution in [0.1, 0.15) is 22.8 Å². The number of rotatable bonds is 3. The highest BCUT2D eigenvalue weighted by Crippen LogP contribution is 2.47. The molecule has 1 unspecified atom stereocenters. The molecular weight excluding hydrogens is 420 g/mol. The number of aromatic hydroxyl groups is 2. The monoisotopic (exact) mass is 436 g/mol. The van der Waals surface area contributed by atoms with Gasteiger partial charge in [0.15, 0.2) is 16.9 Å². The van der Waals surface area contributed by atoms with Gasteiger partial charge < -0.3 is 24.1 Å². The molecule has 0 amide bonds. The second-order valence-electron chi connectivity index (χ2n) is 7.12. The lowest BCUT2D eigenvalue weighted by atomic mass is 9.89. The summed E-state index contributed by atoms with van der Waals surface area (Å²) >= 11 is 1.48. The van der Waals surface area contributed by atoms with Crippen molar-refractivity contribution in [2.45, 2.75) is 12.3 Å². The summed E-state index contributed by atoms with van der Waals surface area (Å²) in [7, 11) is 1.44. The van der Waals surface area contributed by atoms with Crippen molar-refractivity contribution in [3.05, 3.63) is 68.5 Å². The normalized spacial score (nSPS) is 15.5. The molecular formula is C23H16O7S. The molecule has 0 saturated carbocycles. The number of ether oxygens (including phenoxy) is 2. The third kappa shape index (κ3) is 3.12. The van der Waals surface area contributed by atoms with Gasteiger partial charge in [-0.2, -0.15) is 0 Å². The van der Waals surface area contributed by atoms with Crippen molar-refractivity contribution in [3.8, 4) is 34.3 Å². The molecule has 2 N–H and O–H groups in total. The summed E-state index contributed by atoms with van der Waals surface area (Å²) in [4.78, 5) is 26.1. The molecule has 0 radical (unpaired) electrons. The average molecular weight is 436 g/mol. The smallest absolute Gasteiger partial charge is 0.312 e. The Hall–Kier alpha value is -3.78. The van der Waals surface area contributed by atoms with Gasteiger partial charge in [0.25, 0.3) is 0 Å². The molecule has 3 heterocycles. The zero-order chi connectivity index (χ0) is 21.7. The molecule has 1 aliphatic rings. The lowest BCUT2D eigenvalue weighted by Crippen LogP contribution is -2.21. The first-order chi connectivity index (χ1) is 15.0. The standard InChI is InChI=1S/C23H16O7S/c1-28-16-5-4-11(7-13(16)24)17-9-14(25)22-15(26)10-18-21(23(22)30-17)12(8-20(27)29-18)19-3-2-6-31-19/h2-7,9-10,12,24,26H,8H2,1H3. The van der Waals surface area contributed by atoms with E-state index in [2.05, 4.69) is 0 Å². The summed E-state index contributed by atoms with van der Waals surface area (Å²) in [5.74, 6) is -0.586. The van der Waals surface area contributed by atoms with E-state index in [0.29, 0.717) is 11.1 Å². The topological polar surface area (TPSA) is 106 Å². The molecule has 0 spiro atoms. The third-order valence-electron chi connectivity index (χ3n) is 5.27. The maximum Gasteiger partial charge on any atom is 0.312 e. The van der Waals surface area contributed by atoms with Crippen molar-refractivity contribution in [2.75, 3.05) is 7.11 Å². The van der Waals surface area contributed by atoms with E-state index in [4.69, 9.17) is 13.9 Å². The first kappa shape index (κ1) is 19.2. The Morgan fingerprint density at radius 1 is 1.10 bits per heavy atom. The van der Waals surface area contributed by atoms with Gasteiger partial charge >= 0.3 is 5.97 Å². The number of carbonyl (C=O) groups excluding carboxylic acids is 1. The number of phenolic OH excluding ortho intramolecular Hbond substituents is 2. The second kappa shape index (κ2) is 7.17. The Kier molecular flexibility index (Phi) is 4.44. The Labute approximate surface area is 179 Å². The van der Waals surface area contributed by atoms with Crippen LogP contribution < -0.4 is 14.9 Å². The molecule has 0 fully saturated rings. The number of fused-ring (bicyclic) bond motifs is 3. The third-order valence-corrected chi connectivity index (χ3v) is 6.26. The predicted molar refractivity (Wildman–Crippen MR) is 114 cm³/mol. The maximum absolute atomic E-state index is 12.9. The van der Waals surface area contributed by atoms with Crippen LogP contribution in [0.4, 0.5) is 0 Å². The van der Waals surface area contributed by atoms with Gasteiger partial charge in [-0.3, -0.25) is 9.59 Å². The van der Waals surface area contributed by atoms with Gasteiger partial charge in [0, 0.05) is 34.1 Å². The molecule has 2 aromatic carbocycles. The summed E-state index contributed by atoms with van der Waals surface area (Å²) in [5, 5.41) is 22.5. The SMILES string of the molecule is COc1ccc(-c2cc(=O)c3c(O)cc4c(c3o2)C(c2cccs2)CC(=O)O4)cc1O. The summed E-state index contributed by atoms with van der Waals surface area (Å²) in [5.41, 5.74) is 0.689. The van der Waals surface area contributed by atoms with Crippen LogP contribution in [-0.4, -0.2) is 23.3 Å². The van der Waals surface area contributed by atoms with Crippen molar-refractivity contribution in [1.29, 1.82) is 0 Å². The van der Waals surface area contributed by atoms with Crippen molar-refractivity contribution in [2.24, 2.45) is 0 Å². The highest BCUT2D eigenvalue weighted by molar-refractivity contribution is 7.10. The van der Waals surface area contributed by atoms with E-state index in [-0.39, 0.29) is 52.1 Å². The molecule has 0 saturated heterocycles. The highest BCUT2D eigenvalue weighted by atomic mass is 32.1. The number of thiophene rings is 1. The first-order valence-electron chi connectivity index (χ1n) is 9.41. The van der Waals surface area contributed by atoms with Gasteiger partial charge in [0.2, 0.25) is 0 Å². The van der Waals surface area contributed by atoms with Gasteiger partial charge in [-0.05, 0) is 29.6 Å². The molecule has 8 heteroatoms. The van der Waals surface area contributed by atoms with Crippen molar-refractivity contribution in [3.63, 3.8) is 0 Å². The zero-order valence-corrected chi connectivity index (χ0v) is 17.1. The van der Waals surface area contributed by atoms with Crippen LogP contribution in [0, 0.1) is 0 Å². The lowest BCUT2D eigenvalue weighted by Gasteiger charge is -2.25. The zero-order valence-electron chi connectivity index (χ0n) is 16.2. The minimum Gasteiger partial charge on any atom is -0.507 e. The van der Waals surface area contributed by atoms with Crippen LogP contribution in [0.5, 0.6) is 23.0 Å². The van der Waals surface area contributed by atoms with Crippen molar-refractivity contribution in [1.82, 2.24) is 0 Å². The quantitative estimate of drug-likeness (QED) is 0.363. The second-order valence-corrected chi connectivity index (χ2v) is 8.10. The first-order valence-corrected chi connectivity index (χ1v) is 10.3. The van der Waals surface area contributed by atoms with E-state index in [1.54, 1.807) is 12.1 Å². The summed E-state index contributed by atoms with van der Waals surface area (Å²) in [6, 6.07) is 11.0. The van der Waals surface area contributed by atoms with E-state index < -0.39 is 11.4 Å². The number of methoxy groups -OCH3 is 1. The predicted octanol–water partition coefficient (Wildman–Crippen LogP) is 4.38. The molecule has 2 aromatic heterocycles. The molecule has 0 bridgehead atoms. The van der Waals surface area contributed by atoms with Crippen LogP contribution in [0.25, 0.3) is 22.3 Å². The number of carbonyl (C=O) groups is 1. The fraction of sp³-hybridized carbons (Fsp3) is 0.130. The Bertz CT molecular complexity index is 1390. The Morgan fingerprint density at radius 2 is 1.94 bits per heavy atom. The van der Waals surface area contributed by atoms with Crippen LogP contribution >= 0.6 is 11.3 Å². The molecule has 7 nitrogen and oxygen atoms in total. The van der Waals surface area contributed by atoms with Crippen LogP contribution in [0.3, 0.4) is 0 Å². The summed E-state index contributed by atoms with van der Waals surface area (Å²) < 4.78 is 16.5. The van der Waals surface area contributed by atoms with Gasteiger partial charge in [0.05, 0.1) is 13.5 Å². The van der Waals surface area contributed by atoms with Gasteiger partial charge in [-0.15, -0.1) is 11.3 Å². The highest BCUT2D eigenvalue weighted by Gasteiger charge is 2.34. The minimum atomic E-state index is -0.450. The number of hydrogen-bond acceptors (Lipinski definition) is 8. The lowest BCUT2D eigenvalue weighted by molar-refractivity contribution is -0.135. The van der Waals surface area contributed by atoms with Crippen LogP contribution in [0.15, 0.2) is 57.1 Å². The van der Waals surface area contributed by atoms with Crippen molar-refractivity contribution >= 4 is 28.3 Å². The van der Waals surface area contributed by atoms with Crippen LogP contribution in [0.2, 0.25) is 0 Å². The van der Waals surface area contributed by atoms with E-state index in [1.807, 2.05) is 17.5 Å². The number of hydrogen-bond donors (Lipinski definition) is 2. The molecule has 1 aliphatic heterocycles. The number of benzene rings is 2. The molecule has 5 rings (SSSR count). The fourth-order valence-corrected chi connectivity index (χ4v) is 4.71. The number of esters is 1. The molecule has 4 aromatic rings. The van der Waals surface area contributed by atoms with Crippen molar-refractivity contribution < 1.29 is 28.9 Å². The van der Waals surface area contributed by atoms with Gasteiger partial charge in [-0.25, -0.2) is 0 Å². The van der Waals surface area contributed by atoms with E-state index >= 15 is 0 Å². The van der Waals surface area contributed by atoms with Gasteiger partial charge in [-0.1, -0.05) is 6.07 Å². The fourth-order valence-electron chi connectivity index (χ4n) is 3.88. The van der Waals surface area contributed by atoms with Crippen LogP contribution in [-0.2, 0) is 4.79 Å². The van der Waals surface area contributed by atoms with E-state index in [1.165, 1.54) is 36.6 Å². The Morgan fingerprint density at radius 3 is 2.65 bits per heavy atom. The number of phenols is 2. The Balaban J connectivity index is 1.80.